The van der Waals surface area contributed by atoms with Gasteiger partial charge in [-0.2, -0.15) is 0 Å². The summed E-state index contributed by atoms with van der Waals surface area (Å²) in [5.74, 6) is 0. The Kier molecular flexibility index (Phi) is 3.78. The lowest BCUT2D eigenvalue weighted by Gasteiger charge is -2.23. The van der Waals surface area contributed by atoms with Crippen molar-refractivity contribution in [1.82, 2.24) is 4.98 Å². The van der Waals surface area contributed by atoms with Gasteiger partial charge in [0.05, 0.1) is 0 Å². The van der Waals surface area contributed by atoms with E-state index in [2.05, 4.69) is 16.4 Å². The molecular formula is C13H21N3. The van der Waals surface area contributed by atoms with Crippen molar-refractivity contribution in [2.45, 2.75) is 51.1 Å². The molecule has 3 heteroatoms. The fourth-order valence-electron chi connectivity index (χ4n) is 2.36. The number of aromatic nitrogens is 1. The first-order chi connectivity index (χ1) is 7.75. The van der Waals surface area contributed by atoms with Gasteiger partial charge in [-0.05, 0) is 31.9 Å². The third-order valence-corrected chi connectivity index (χ3v) is 3.32. The lowest BCUT2D eigenvalue weighted by Crippen LogP contribution is -2.39. The maximum Gasteiger partial charge on any atom is 0.0412 e. The molecule has 0 amide bonds. The molecule has 1 aromatic rings. The van der Waals surface area contributed by atoms with E-state index in [1.54, 1.807) is 0 Å². The number of pyridine rings is 1. The smallest absolute Gasteiger partial charge is 0.0412 e. The number of nitrogens with one attached hydrogen (secondary N) is 1. The van der Waals surface area contributed by atoms with Gasteiger partial charge >= 0.3 is 0 Å². The second-order valence-corrected chi connectivity index (χ2v) is 4.74. The summed E-state index contributed by atoms with van der Waals surface area (Å²) in [6, 6.07) is 4.81. The minimum absolute atomic E-state index is 0.288. The average Bonchev–Trinajstić information content (AvgIpc) is 2.45. The van der Waals surface area contributed by atoms with Crippen molar-refractivity contribution in [2.24, 2.45) is 5.73 Å². The molecule has 0 saturated heterocycles. The fourth-order valence-corrected chi connectivity index (χ4v) is 2.36. The summed E-state index contributed by atoms with van der Waals surface area (Å²) in [6.07, 6.45) is 8.05. The van der Waals surface area contributed by atoms with E-state index in [1.165, 1.54) is 25.7 Å². The van der Waals surface area contributed by atoms with Gasteiger partial charge in [0.1, 0.15) is 0 Å². The normalized spacial score (nSPS) is 26.1. The van der Waals surface area contributed by atoms with Crippen LogP contribution in [0, 0.1) is 6.92 Å². The molecule has 88 valence electrons. The first kappa shape index (κ1) is 11.4. The molecule has 1 saturated carbocycles. The highest BCUT2D eigenvalue weighted by Gasteiger charge is 2.19. The number of nitrogens with two attached hydrogens (primary N) is 1. The average molecular weight is 219 g/mol. The minimum Gasteiger partial charge on any atom is -0.381 e. The Morgan fingerprint density at radius 3 is 2.94 bits per heavy atom. The van der Waals surface area contributed by atoms with Gasteiger partial charge in [0.15, 0.2) is 0 Å². The Morgan fingerprint density at radius 2 is 2.12 bits per heavy atom. The van der Waals surface area contributed by atoms with Crippen LogP contribution in [0.5, 0.6) is 0 Å². The predicted molar refractivity (Wildman–Crippen MR) is 67.4 cm³/mol. The van der Waals surface area contributed by atoms with Crippen LogP contribution in [0.1, 0.15) is 37.8 Å². The van der Waals surface area contributed by atoms with Crippen LogP contribution in [0.2, 0.25) is 0 Å². The van der Waals surface area contributed by atoms with Crippen LogP contribution in [0.25, 0.3) is 0 Å². The monoisotopic (exact) mass is 219 g/mol. The summed E-state index contributed by atoms with van der Waals surface area (Å²) in [7, 11) is 0. The van der Waals surface area contributed by atoms with E-state index < -0.39 is 0 Å². The Balaban J connectivity index is 2.02. The zero-order valence-corrected chi connectivity index (χ0v) is 9.95. The third kappa shape index (κ3) is 2.95. The molecule has 16 heavy (non-hydrogen) atoms. The molecular weight excluding hydrogens is 198 g/mol. The van der Waals surface area contributed by atoms with Crippen LogP contribution in [-0.2, 0) is 0 Å². The molecule has 1 heterocycles. The number of hydrogen-bond donors (Lipinski definition) is 2. The predicted octanol–water partition coefficient (Wildman–Crippen LogP) is 2.46. The maximum atomic E-state index is 6.19. The Hall–Kier alpha value is -1.09. The van der Waals surface area contributed by atoms with Crippen LogP contribution >= 0.6 is 0 Å². The maximum absolute atomic E-state index is 6.19. The summed E-state index contributed by atoms with van der Waals surface area (Å²) in [4.78, 5) is 4.20. The van der Waals surface area contributed by atoms with E-state index in [1.807, 2.05) is 19.2 Å². The standard InChI is InChI=1S/C13H21N3/c1-10-9-11(7-8-15-10)16-13-6-4-2-3-5-12(13)14/h7-9,12-13H,2-6,14H2,1H3,(H,15,16). The lowest BCUT2D eigenvalue weighted by molar-refractivity contribution is 0.528. The topological polar surface area (TPSA) is 50.9 Å². The summed E-state index contributed by atoms with van der Waals surface area (Å²) in [5, 5.41) is 3.55. The van der Waals surface area contributed by atoms with Crippen molar-refractivity contribution in [3.8, 4) is 0 Å². The number of hydrogen-bond acceptors (Lipinski definition) is 3. The number of aryl methyl sites for hydroxylation is 1. The van der Waals surface area contributed by atoms with Crippen molar-refractivity contribution >= 4 is 5.69 Å². The number of nitrogens with zero attached hydrogens (tertiary/aromatic N) is 1. The molecule has 1 aliphatic rings. The molecule has 3 nitrogen and oxygen atoms in total. The zero-order valence-electron chi connectivity index (χ0n) is 9.95. The molecule has 2 unspecified atom stereocenters. The summed E-state index contributed by atoms with van der Waals surface area (Å²) in [5.41, 5.74) is 8.38. The van der Waals surface area contributed by atoms with Crippen molar-refractivity contribution in [1.29, 1.82) is 0 Å². The van der Waals surface area contributed by atoms with E-state index in [9.17, 15) is 0 Å². The third-order valence-electron chi connectivity index (χ3n) is 3.32. The van der Waals surface area contributed by atoms with Gasteiger partial charge in [0.2, 0.25) is 0 Å². The highest BCUT2D eigenvalue weighted by molar-refractivity contribution is 5.44. The second-order valence-electron chi connectivity index (χ2n) is 4.74. The first-order valence-corrected chi connectivity index (χ1v) is 6.20. The lowest BCUT2D eigenvalue weighted by atomic mass is 10.0. The van der Waals surface area contributed by atoms with Crippen LogP contribution in [0.15, 0.2) is 18.3 Å². The number of anilines is 1. The van der Waals surface area contributed by atoms with E-state index in [4.69, 9.17) is 5.73 Å². The van der Waals surface area contributed by atoms with E-state index in [-0.39, 0.29) is 6.04 Å². The zero-order chi connectivity index (χ0) is 11.4. The molecule has 0 aliphatic heterocycles. The summed E-state index contributed by atoms with van der Waals surface area (Å²) in [6.45, 7) is 2.01. The molecule has 0 spiro atoms. The van der Waals surface area contributed by atoms with Gasteiger partial charge in [0, 0.05) is 29.7 Å². The van der Waals surface area contributed by atoms with E-state index in [0.717, 1.165) is 17.8 Å². The van der Waals surface area contributed by atoms with Crippen LogP contribution < -0.4 is 11.1 Å². The SMILES string of the molecule is Cc1cc(NC2CCCCCC2N)ccn1. The summed E-state index contributed by atoms with van der Waals surface area (Å²) >= 11 is 0. The molecule has 1 aromatic heterocycles. The molecule has 0 aromatic carbocycles. The molecule has 3 N–H and O–H groups in total. The van der Waals surface area contributed by atoms with Crippen molar-refractivity contribution in [3.05, 3.63) is 24.0 Å². The Labute approximate surface area is 97.5 Å². The summed E-state index contributed by atoms with van der Waals surface area (Å²) < 4.78 is 0. The Morgan fingerprint density at radius 1 is 1.31 bits per heavy atom. The van der Waals surface area contributed by atoms with Crippen molar-refractivity contribution < 1.29 is 0 Å². The molecule has 0 radical (unpaired) electrons. The molecule has 2 rings (SSSR count). The highest BCUT2D eigenvalue weighted by atomic mass is 15.0. The Bertz CT molecular complexity index is 338. The molecule has 0 bridgehead atoms. The van der Waals surface area contributed by atoms with Gasteiger partial charge in [0.25, 0.3) is 0 Å². The first-order valence-electron chi connectivity index (χ1n) is 6.20. The second kappa shape index (κ2) is 5.30. The van der Waals surface area contributed by atoms with Crippen molar-refractivity contribution in [2.75, 3.05) is 5.32 Å². The van der Waals surface area contributed by atoms with Gasteiger partial charge in [-0.25, -0.2) is 0 Å². The van der Waals surface area contributed by atoms with Gasteiger partial charge in [-0.3, -0.25) is 4.98 Å². The quantitative estimate of drug-likeness (QED) is 0.751. The minimum atomic E-state index is 0.288. The van der Waals surface area contributed by atoms with Crippen LogP contribution in [-0.4, -0.2) is 17.1 Å². The largest absolute Gasteiger partial charge is 0.381 e. The molecule has 1 fully saturated rings. The van der Waals surface area contributed by atoms with Crippen molar-refractivity contribution in [3.63, 3.8) is 0 Å². The van der Waals surface area contributed by atoms with Crippen LogP contribution in [0.3, 0.4) is 0 Å². The highest BCUT2D eigenvalue weighted by Crippen LogP contribution is 2.20. The number of rotatable bonds is 2. The fraction of sp³-hybridized carbons (Fsp3) is 0.615. The van der Waals surface area contributed by atoms with Gasteiger partial charge in [-0.15, -0.1) is 0 Å². The van der Waals surface area contributed by atoms with Gasteiger partial charge < -0.3 is 11.1 Å². The van der Waals surface area contributed by atoms with Gasteiger partial charge in [-0.1, -0.05) is 19.3 Å². The molecule has 2 atom stereocenters. The van der Waals surface area contributed by atoms with Crippen LogP contribution in [0.4, 0.5) is 5.69 Å². The van der Waals surface area contributed by atoms with E-state index >= 15 is 0 Å². The van der Waals surface area contributed by atoms with E-state index in [0.29, 0.717) is 6.04 Å². The molecule has 1 aliphatic carbocycles.